The van der Waals surface area contributed by atoms with Gasteiger partial charge in [0.1, 0.15) is 6.61 Å². The fourth-order valence-corrected chi connectivity index (χ4v) is 1.99. The molecule has 0 aromatic carbocycles. The quantitative estimate of drug-likeness (QED) is 0.751. The normalized spacial score (nSPS) is 12.5. The number of aryl methyl sites for hydroxylation is 3. The van der Waals surface area contributed by atoms with E-state index in [4.69, 9.17) is 10.6 Å². The van der Waals surface area contributed by atoms with Gasteiger partial charge in [0.15, 0.2) is 0 Å². The van der Waals surface area contributed by atoms with Gasteiger partial charge in [0, 0.05) is 11.4 Å². The highest BCUT2D eigenvalue weighted by Crippen LogP contribution is 2.20. The molecule has 0 fully saturated rings. The maximum atomic E-state index is 10.5. The number of amides is 1. The van der Waals surface area contributed by atoms with Gasteiger partial charge < -0.3 is 5.73 Å². The van der Waals surface area contributed by atoms with Crippen LogP contribution in [0.5, 0.6) is 0 Å². The smallest absolute Gasteiger partial charge is 0.245 e. The summed E-state index contributed by atoms with van der Waals surface area (Å²) < 4.78 is 0. The second kappa shape index (κ2) is 5.75. The molecule has 1 rings (SSSR count). The van der Waals surface area contributed by atoms with Gasteiger partial charge in [-0.3, -0.25) is 14.6 Å². The van der Waals surface area contributed by atoms with Crippen LogP contribution in [-0.2, 0) is 9.63 Å². The van der Waals surface area contributed by atoms with E-state index >= 15 is 0 Å². The van der Waals surface area contributed by atoms with Crippen LogP contribution in [0.25, 0.3) is 0 Å². The van der Waals surface area contributed by atoms with E-state index in [0.717, 1.165) is 22.5 Å². The van der Waals surface area contributed by atoms with E-state index in [1.165, 1.54) is 0 Å². The summed E-state index contributed by atoms with van der Waals surface area (Å²) in [4.78, 5) is 20.0. The lowest BCUT2D eigenvalue weighted by atomic mass is 10.0. The highest BCUT2D eigenvalue weighted by molar-refractivity contribution is 5.74. The minimum absolute atomic E-state index is 0.0394. The van der Waals surface area contributed by atoms with Gasteiger partial charge in [0.2, 0.25) is 5.91 Å². The fourth-order valence-electron chi connectivity index (χ4n) is 1.99. The highest BCUT2D eigenvalue weighted by Gasteiger charge is 2.13. The average Bonchev–Trinajstić information content (AvgIpc) is 2.14. The average molecular weight is 237 g/mol. The van der Waals surface area contributed by atoms with Crippen LogP contribution in [0.15, 0.2) is 6.07 Å². The highest BCUT2D eigenvalue weighted by atomic mass is 16.6. The summed E-state index contributed by atoms with van der Waals surface area (Å²) in [5, 5.41) is 0. The zero-order chi connectivity index (χ0) is 13.0. The molecule has 1 aromatic heterocycles. The Labute approximate surface area is 101 Å². The SMILES string of the molecule is Cc1cc(C)c(C(C)NOCC(N)=O)c(C)n1. The molecule has 1 aromatic rings. The van der Waals surface area contributed by atoms with Gasteiger partial charge in [-0.05, 0) is 44.9 Å². The molecule has 0 saturated heterocycles. The zero-order valence-corrected chi connectivity index (χ0v) is 10.7. The summed E-state index contributed by atoms with van der Waals surface area (Å²) in [5.74, 6) is -0.500. The monoisotopic (exact) mass is 237 g/mol. The Hall–Kier alpha value is -1.46. The number of hydrogen-bond donors (Lipinski definition) is 2. The number of nitrogens with zero attached hydrogens (tertiary/aromatic N) is 1. The third-order valence-electron chi connectivity index (χ3n) is 2.49. The van der Waals surface area contributed by atoms with Gasteiger partial charge in [-0.25, -0.2) is 0 Å². The summed E-state index contributed by atoms with van der Waals surface area (Å²) in [6, 6.07) is 1.98. The van der Waals surface area contributed by atoms with E-state index in [0.29, 0.717) is 0 Å². The van der Waals surface area contributed by atoms with Crippen molar-refractivity contribution >= 4 is 5.91 Å². The molecule has 17 heavy (non-hydrogen) atoms. The molecule has 0 aliphatic carbocycles. The molecule has 3 N–H and O–H groups in total. The number of hydroxylamine groups is 1. The third-order valence-corrected chi connectivity index (χ3v) is 2.49. The van der Waals surface area contributed by atoms with Gasteiger partial charge in [-0.15, -0.1) is 0 Å². The topological polar surface area (TPSA) is 77.2 Å². The number of nitrogens with two attached hydrogens (primary N) is 1. The molecule has 94 valence electrons. The Morgan fingerprint density at radius 2 is 2.18 bits per heavy atom. The van der Waals surface area contributed by atoms with Gasteiger partial charge in [0.05, 0.1) is 6.04 Å². The third kappa shape index (κ3) is 3.80. The summed E-state index contributed by atoms with van der Waals surface area (Å²) in [5.41, 5.74) is 12.0. The number of carbonyl (C=O) groups excluding carboxylic acids is 1. The number of pyridine rings is 1. The zero-order valence-electron chi connectivity index (χ0n) is 10.7. The van der Waals surface area contributed by atoms with Crippen molar-refractivity contribution in [1.82, 2.24) is 10.5 Å². The molecular weight excluding hydrogens is 218 g/mol. The molecule has 0 spiro atoms. The Morgan fingerprint density at radius 3 is 2.71 bits per heavy atom. The molecule has 0 radical (unpaired) electrons. The van der Waals surface area contributed by atoms with E-state index in [1.807, 2.05) is 33.8 Å². The van der Waals surface area contributed by atoms with Gasteiger partial charge in [0.25, 0.3) is 0 Å². The van der Waals surface area contributed by atoms with Crippen LogP contribution in [0.1, 0.15) is 35.5 Å². The van der Waals surface area contributed by atoms with Crippen LogP contribution >= 0.6 is 0 Å². The van der Waals surface area contributed by atoms with Crippen LogP contribution < -0.4 is 11.2 Å². The molecular formula is C12H19N3O2. The van der Waals surface area contributed by atoms with Crippen LogP contribution in [0.4, 0.5) is 0 Å². The first-order chi connectivity index (χ1) is 7.91. The molecule has 1 unspecified atom stereocenters. The van der Waals surface area contributed by atoms with Crippen LogP contribution in [0.3, 0.4) is 0 Å². The Kier molecular flexibility index (Phi) is 4.60. The Bertz CT molecular complexity index is 395. The van der Waals surface area contributed by atoms with Crippen molar-refractivity contribution in [3.8, 4) is 0 Å². The van der Waals surface area contributed by atoms with E-state index < -0.39 is 5.91 Å². The second-order valence-electron chi connectivity index (χ2n) is 4.17. The lowest BCUT2D eigenvalue weighted by molar-refractivity contribution is -0.126. The molecule has 5 nitrogen and oxygen atoms in total. The maximum absolute atomic E-state index is 10.5. The summed E-state index contributed by atoms with van der Waals surface area (Å²) in [6.45, 7) is 7.77. The van der Waals surface area contributed by atoms with Gasteiger partial charge >= 0.3 is 0 Å². The Morgan fingerprint density at radius 1 is 1.53 bits per heavy atom. The summed E-state index contributed by atoms with van der Waals surface area (Å²) in [7, 11) is 0. The predicted molar refractivity (Wildman–Crippen MR) is 65.1 cm³/mol. The number of carbonyl (C=O) groups is 1. The maximum Gasteiger partial charge on any atom is 0.245 e. The fraction of sp³-hybridized carbons (Fsp3) is 0.500. The lowest BCUT2D eigenvalue weighted by Gasteiger charge is -2.18. The van der Waals surface area contributed by atoms with Gasteiger partial charge in [-0.2, -0.15) is 5.48 Å². The van der Waals surface area contributed by atoms with E-state index in [2.05, 4.69) is 10.5 Å². The van der Waals surface area contributed by atoms with Crippen LogP contribution in [0, 0.1) is 20.8 Å². The van der Waals surface area contributed by atoms with Gasteiger partial charge in [-0.1, -0.05) is 0 Å². The molecule has 1 heterocycles. The predicted octanol–water partition coefficient (Wildman–Crippen LogP) is 1.07. The first-order valence-corrected chi connectivity index (χ1v) is 5.52. The summed E-state index contributed by atoms with van der Waals surface area (Å²) >= 11 is 0. The van der Waals surface area contributed by atoms with Crippen molar-refractivity contribution in [2.75, 3.05) is 6.61 Å². The first kappa shape index (κ1) is 13.6. The van der Waals surface area contributed by atoms with Crippen molar-refractivity contribution in [2.24, 2.45) is 5.73 Å². The summed E-state index contributed by atoms with van der Waals surface area (Å²) in [6.07, 6.45) is 0. The van der Waals surface area contributed by atoms with Crippen molar-refractivity contribution in [1.29, 1.82) is 0 Å². The number of hydrogen-bond acceptors (Lipinski definition) is 4. The van der Waals surface area contributed by atoms with E-state index in [1.54, 1.807) is 0 Å². The molecule has 0 aliphatic heterocycles. The number of aromatic nitrogens is 1. The first-order valence-electron chi connectivity index (χ1n) is 5.52. The van der Waals surface area contributed by atoms with Crippen molar-refractivity contribution < 1.29 is 9.63 Å². The van der Waals surface area contributed by atoms with Crippen molar-refractivity contribution in [3.05, 3.63) is 28.6 Å². The lowest BCUT2D eigenvalue weighted by Crippen LogP contribution is -2.27. The van der Waals surface area contributed by atoms with E-state index in [9.17, 15) is 4.79 Å². The number of primary amides is 1. The van der Waals surface area contributed by atoms with E-state index in [-0.39, 0.29) is 12.6 Å². The number of nitrogens with one attached hydrogen (secondary N) is 1. The second-order valence-corrected chi connectivity index (χ2v) is 4.17. The molecule has 0 aliphatic rings. The molecule has 5 heteroatoms. The van der Waals surface area contributed by atoms with Crippen LogP contribution in [0.2, 0.25) is 0 Å². The molecule has 0 saturated carbocycles. The minimum Gasteiger partial charge on any atom is -0.368 e. The van der Waals surface area contributed by atoms with Crippen LogP contribution in [-0.4, -0.2) is 17.5 Å². The molecule has 1 amide bonds. The standard InChI is InChI=1S/C12H19N3O2/c1-7-5-8(2)14-9(3)12(7)10(4)15-17-6-11(13)16/h5,10,15H,6H2,1-4H3,(H2,13,16). The molecule has 1 atom stereocenters. The Balaban J connectivity index is 2.75. The van der Waals surface area contributed by atoms with Crippen molar-refractivity contribution in [2.45, 2.75) is 33.7 Å². The molecule has 0 bridgehead atoms. The number of rotatable bonds is 5. The minimum atomic E-state index is -0.500. The van der Waals surface area contributed by atoms with Crippen molar-refractivity contribution in [3.63, 3.8) is 0 Å². The largest absolute Gasteiger partial charge is 0.368 e.